The van der Waals surface area contributed by atoms with Crippen LogP contribution >= 0.6 is 11.6 Å². The number of rotatable bonds is 6. The Morgan fingerprint density at radius 2 is 1.64 bits per heavy atom. The summed E-state index contributed by atoms with van der Waals surface area (Å²) in [5.74, 6) is -5.89. The van der Waals surface area contributed by atoms with Crippen LogP contribution in [0.15, 0.2) is 71.8 Å². The van der Waals surface area contributed by atoms with Gasteiger partial charge in [0.2, 0.25) is 0 Å². The first-order valence-corrected chi connectivity index (χ1v) is 15.2. The average Bonchev–Trinajstić information content (AvgIpc) is 3.57. The summed E-state index contributed by atoms with van der Waals surface area (Å²) in [6, 6.07) is 14.4. The van der Waals surface area contributed by atoms with E-state index in [1.165, 1.54) is 12.1 Å². The molecule has 6 rings (SSSR count). The molecular formula is C30H25ClF3N3O4S. The number of H-pyrrole nitrogens is 1. The van der Waals surface area contributed by atoms with Crippen molar-refractivity contribution in [1.82, 2.24) is 9.97 Å². The van der Waals surface area contributed by atoms with E-state index < -0.39 is 44.0 Å². The van der Waals surface area contributed by atoms with Crippen LogP contribution in [-0.4, -0.2) is 34.6 Å². The smallest absolute Gasteiger partial charge is 0.255 e. The lowest BCUT2D eigenvalue weighted by atomic mass is 9.76. The Morgan fingerprint density at radius 1 is 1.00 bits per heavy atom. The number of carbonyl (C=O) groups is 1. The Labute approximate surface area is 244 Å². The quantitative estimate of drug-likeness (QED) is 0.222. The molecular weight excluding hydrogens is 591 g/mol. The number of carbonyl (C=O) groups excluding carboxylic acids is 1. The van der Waals surface area contributed by atoms with Gasteiger partial charge in [-0.2, -0.15) is 0 Å². The van der Waals surface area contributed by atoms with E-state index in [4.69, 9.17) is 11.6 Å². The molecule has 2 saturated carbocycles. The van der Waals surface area contributed by atoms with Crippen LogP contribution in [0.2, 0.25) is 5.02 Å². The Morgan fingerprint density at radius 3 is 2.29 bits per heavy atom. The van der Waals surface area contributed by atoms with E-state index in [0.717, 1.165) is 17.3 Å². The number of hydrogen-bond acceptors (Lipinski definition) is 5. The van der Waals surface area contributed by atoms with Crippen molar-refractivity contribution in [1.29, 1.82) is 0 Å². The van der Waals surface area contributed by atoms with E-state index in [-0.39, 0.29) is 45.8 Å². The maximum absolute atomic E-state index is 14.0. The second-order valence-corrected chi connectivity index (χ2v) is 13.4. The zero-order valence-corrected chi connectivity index (χ0v) is 23.5. The number of sulfone groups is 1. The number of anilines is 1. The highest BCUT2D eigenvalue weighted by Crippen LogP contribution is 2.54. The van der Waals surface area contributed by atoms with Crippen molar-refractivity contribution in [3.8, 4) is 11.3 Å². The van der Waals surface area contributed by atoms with Gasteiger partial charge < -0.3 is 15.4 Å². The van der Waals surface area contributed by atoms with Gasteiger partial charge in [0.1, 0.15) is 11.4 Å². The normalized spacial score (nSPS) is 23.6. The molecule has 2 unspecified atom stereocenters. The number of hydrogen-bond donors (Lipinski definition) is 3. The van der Waals surface area contributed by atoms with Crippen LogP contribution in [0.4, 0.5) is 18.9 Å². The van der Waals surface area contributed by atoms with Gasteiger partial charge in [-0.3, -0.25) is 4.79 Å². The lowest BCUT2D eigenvalue weighted by Crippen LogP contribution is -2.45. The first kappa shape index (κ1) is 28.4. The van der Waals surface area contributed by atoms with Gasteiger partial charge in [0.15, 0.2) is 27.3 Å². The molecule has 2 aliphatic carbocycles. The van der Waals surface area contributed by atoms with Crippen molar-refractivity contribution < 1.29 is 31.5 Å². The predicted octanol–water partition coefficient (Wildman–Crippen LogP) is 6.25. The lowest BCUT2D eigenvalue weighted by molar-refractivity contribution is -0.0309. The SMILES string of the molecule is O=C(Nc1cc(F)c(F)c(F)c1)c1ccc(Cl)c(S(=O)(=O)C2C3CCC2CC(O)(c2ncc(-c4ccccc4)[nH]2)C3)c1. The fourth-order valence-electron chi connectivity index (χ4n) is 6.39. The van der Waals surface area contributed by atoms with Crippen LogP contribution < -0.4 is 5.32 Å². The van der Waals surface area contributed by atoms with Crippen molar-refractivity contribution in [3.63, 3.8) is 0 Å². The molecule has 2 aliphatic rings. The minimum Gasteiger partial charge on any atom is -0.382 e. The number of fused-ring (bicyclic) bond motifs is 2. The summed E-state index contributed by atoms with van der Waals surface area (Å²) in [5, 5.41) is 13.0. The van der Waals surface area contributed by atoms with Gasteiger partial charge in [-0.15, -0.1) is 0 Å². The maximum atomic E-state index is 14.0. The molecule has 0 radical (unpaired) electrons. The summed E-state index contributed by atoms with van der Waals surface area (Å²) in [6.45, 7) is 0. The van der Waals surface area contributed by atoms with Crippen LogP contribution in [0, 0.1) is 29.3 Å². The second-order valence-electron chi connectivity index (χ2n) is 10.9. The van der Waals surface area contributed by atoms with Crippen molar-refractivity contribution in [2.45, 2.75) is 41.4 Å². The van der Waals surface area contributed by atoms with Crippen LogP contribution in [0.25, 0.3) is 11.3 Å². The Bertz CT molecular complexity index is 1760. The topological polar surface area (TPSA) is 112 Å². The van der Waals surface area contributed by atoms with Crippen molar-refractivity contribution >= 4 is 33.0 Å². The number of aromatic amines is 1. The van der Waals surface area contributed by atoms with Crippen LogP contribution in [0.5, 0.6) is 0 Å². The highest BCUT2D eigenvalue weighted by molar-refractivity contribution is 7.92. The Kier molecular flexibility index (Phi) is 7.15. The van der Waals surface area contributed by atoms with Crippen molar-refractivity contribution in [3.05, 3.63) is 101 Å². The fourth-order valence-corrected chi connectivity index (χ4v) is 9.23. The molecule has 1 heterocycles. The number of imidazole rings is 1. The molecule has 2 bridgehead atoms. The third-order valence-corrected chi connectivity index (χ3v) is 11.1. The predicted molar refractivity (Wildman–Crippen MR) is 150 cm³/mol. The standard InChI is InChI=1S/C30H25ClF3N3O4S/c31-21-9-8-17(28(38)36-20-11-22(32)26(34)23(33)12-20)10-25(21)42(40,41)27-18-6-7-19(27)14-30(39,13-18)29-35-15-24(37-29)16-4-2-1-3-5-16/h1-5,8-12,15,18-19,27,39H,6-7,13-14H2,(H,35,37)(H,36,38). The van der Waals surface area contributed by atoms with Gasteiger partial charge in [0.05, 0.1) is 27.1 Å². The summed E-state index contributed by atoms with van der Waals surface area (Å²) in [6.07, 6.45) is 3.17. The minimum absolute atomic E-state index is 0.0795. The van der Waals surface area contributed by atoms with Gasteiger partial charge in [0.25, 0.3) is 5.91 Å². The van der Waals surface area contributed by atoms with Gasteiger partial charge in [-0.05, 0) is 61.3 Å². The van der Waals surface area contributed by atoms with Crippen molar-refractivity contribution in [2.24, 2.45) is 11.8 Å². The molecule has 4 aromatic rings. The number of aliphatic hydroxyl groups is 1. The molecule has 3 aromatic carbocycles. The molecule has 1 amide bonds. The molecule has 7 nitrogen and oxygen atoms in total. The van der Waals surface area contributed by atoms with Crippen LogP contribution in [0.1, 0.15) is 41.9 Å². The molecule has 218 valence electrons. The van der Waals surface area contributed by atoms with E-state index in [2.05, 4.69) is 15.3 Å². The number of amides is 1. The summed E-state index contributed by atoms with van der Waals surface area (Å²) in [7, 11) is -4.07. The van der Waals surface area contributed by atoms with Crippen LogP contribution in [-0.2, 0) is 15.4 Å². The summed E-state index contributed by atoms with van der Waals surface area (Å²) in [5.41, 5.74) is -0.141. The van der Waals surface area contributed by atoms with E-state index >= 15 is 0 Å². The molecule has 1 aromatic heterocycles. The summed E-state index contributed by atoms with van der Waals surface area (Å²) in [4.78, 5) is 20.2. The molecule has 2 fully saturated rings. The molecule has 3 N–H and O–H groups in total. The highest BCUT2D eigenvalue weighted by atomic mass is 35.5. The van der Waals surface area contributed by atoms with Gasteiger partial charge >= 0.3 is 0 Å². The second kappa shape index (κ2) is 10.6. The van der Waals surface area contributed by atoms with Crippen LogP contribution in [0.3, 0.4) is 0 Å². The molecule has 42 heavy (non-hydrogen) atoms. The van der Waals surface area contributed by atoms with Crippen molar-refractivity contribution in [2.75, 3.05) is 5.32 Å². The Balaban J connectivity index is 1.25. The molecule has 12 heteroatoms. The Hall–Kier alpha value is -3.67. The van der Waals surface area contributed by atoms with Gasteiger partial charge in [-0.1, -0.05) is 41.9 Å². The molecule has 2 atom stereocenters. The third-order valence-electron chi connectivity index (χ3n) is 8.24. The number of nitrogens with zero attached hydrogens (tertiary/aromatic N) is 1. The molecule has 0 saturated heterocycles. The number of halogens is 4. The highest BCUT2D eigenvalue weighted by Gasteiger charge is 2.55. The number of nitrogens with one attached hydrogen (secondary N) is 2. The zero-order chi connectivity index (χ0) is 29.8. The van der Waals surface area contributed by atoms with E-state index in [0.29, 0.717) is 30.8 Å². The first-order valence-electron chi connectivity index (χ1n) is 13.3. The van der Waals surface area contributed by atoms with E-state index in [1.807, 2.05) is 30.3 Å². The third kappa shape index (κ3) is 4.99. The first-order chi connectivity index (χ1) is 20.0. The fraction of sp³-hybridized carbons (Fsp3) is 0.267. The minimum atomic E-state index is -4.07. The molecule has 0 spiro atoms. The molecule has 0 aliphatic heterocycles. The van der Waals surface area contributed by atoms with E-state index in [9.17, 15) is 31.5 Å². The van der Waals surface area contributed by atoms with Gasteiger partial charge in [0, 0.05) is 23.4 Å². The average molecular weight is 616 g/mol. The number of benzene rings is 3. The van der Waals surface area contributed by atoms with E-state index in [1.54, 1.807) is 6.20 Å². The number of aromatic nitrogens is 2. The maximum Gasteiger partial charge on any atom is 0.255 e. The zero-order valence-electron chi connectivity index (χ0n) is 22.0. The summed E-state index contributed by atoms with van der Waals surface area (Å²) >= 11 is 6.34. The monoisotopic (exact) mass is 615 g/mol. The van der Waals surface area contributed by atoms with Gasteiger partial charge in [-0.25, -0.2) is 26.6 Å². The lowest BCUT2D eigenvalue weighted by Gasteiger charge is -2.39. The largest absolute Gasteiger partial charge is 0.382 e. The summed E-state index contributed by atoms with van der Waals surface area (Å²) < 4.78 is 68.5.